The van der Waals surface area contributed by atoms with Gasteiger partial charge < -0.3 is 10.4 Å². The molecule has 0 saturated heterocycles. The standard InChI is InChI=1S/C15H22BrNO2/c1-2-3-4-5-6-7-10-17-15(19)13-11-12(16)8-9-14(13)18/h8-9,11,18H,2-7,10H2,1H3,(H,17,19). The normalized spacial score (nSPS) is 10.4. The van der Waals surface area contributed by atoms with Gasteiger partial charge in [-0.2, -0.15) is 0 Å². The highest BCUT2D eigenvalue weighted by molar-refractivity contribution is 9.10. The highest BCUT2D eigenvalue weighted by Gasteiger charge is 2.10. The number of amides is 1. The predicted octanol–water partition coefficient (Wildman–Crippen LogP) is 4.25. The van der Waals surface area contributed by atoms with E-state index in [1.54, 1.807) is 12.1 Å². The number of unbranched alkanes of at least 4 members (excludes halogenated alkanes) is 5. The summed E-state index contributed by atoms with van der Waals surface area (Å²) in [6.07, 6.45) is 7.18. The summed E-state index contributed by atoms with van der Waals surface area (Å²) >= 11 is 3.29. The van der Waals surface area contributed by atoms with Crippen LogP contribution in [-0.4, -0.2) is 17.6 Å². The number of phenols is 1. The minimum Gasteiger partial charge on any atom is -0.507 e. The molecule has 0 heterocycles. The minimum absolute atomic E-state index is 0.0173. The van der Waals surface area contributed by atoms with Crippen molar-refractivity contribution < 1.29 is 9.90 Å². The van der Waals surface area contributed by atoms with Crippen molar-refractivity contribution >= 4 is 21.8 Å². The summed E-state index contributed by atoms with van der Waals surface area (Å²) in [7, 11) is 0. The summed E-state index contributed by atoms with van der Waals surface area (Å²) in [5.74, 6) is -0.198. The first-order valence-corrected chi connectivity index (χ1v) is 7.71. The molecule has 1 aromatic carbocycles. The van der Waals surface area contributed by atoms with Crippen LogP contribution in [0.1, 0.15) is 55.8 Å². The number of phenolic OH excluding ortho intramolecular Hbond substituents is 1. The van der Waals surface area contributed by atoms with Crippen LogP contribution < -0.4 is 5.32 Å². The SMILES string of the molecule is CCCCCCCCNC(=O)c1cc(Br)ccc1O. The fourth-order valence-corrected chi connectivity index (χ4v) is 2.25. The van der Waals surface area contributed by atoms with Crippen LogP contribution in [0.3, 0.4) is 0 Å². The Kier molecular flexibility index (Phi) is 7.56. The zero-order chi connectivity index (χ0) is 14.1. The molecule has 19 heavy (non-hydrogen) atoms. The Hall–Kier alpha value is -1.03. The second-order valence-electron chi connectivity index (χ2n) is 4.69. The molecule has 1 rings (SSSR count). The Labute approximate surface area is 123 Å². The van der Waals surface area contributed by atoms with Crippen LogP contribution in [0, 0.1) is 0 Å². The van der Waals surface area contributed by atoms with Crippen molar-refractivity contribution in [2.45, 2.75) is 45.4 Å². The fraction of sp³-hybridized carbons (Fsp3) is 0.533. The molecule has 0 radical (unpaired) electrons. The summed E-state index contributed by atoms with van der Waals surface area (Å²) in [6, 6.07) is 4.86. The van der Waals surface area contributed by atoms with Crippen LogP contribution in [-0.2, 0) is 0 Å². The van der Waals surface area contributed by atoms with E-state index in [0.29, 0.717) is 12.1 Å². The summed E-state index contributed by atoms with van der Waals surface area (Å²) < 4.78 is 0.787. The van der Waals surface area contributed by atoms with Crippen LogP contribution >= 0.6 is 15.9 Å². The molecule has 3 nitrogen and oxygen atoms in total. The second kappa shape index (κ2) is 8.97. The van der Waals surface area contributed by atoms with E-state index in [4.69, 9.17) is 0 Å². The quantitative estimate of drug-likeness (QED) is 0.701. The molecule has 0 aliphatic heterocycles. The molecule has 0 aliphatic rings. The van der Waals surface area contributed by atoms with Gasteiger partial charge in [-0.25, -0.2) is 0 Å². The predicted molar refractivity (Wildman–Crippen MR) is 81.5 cm³/mol. The third kappa shape index (κ3) is 6.10. The first kappa shape index (κ1) is 16.0. The zero-order valence-electron chi connectivity index (χ0n) is 11.4. The molecule has 0 aromatic heterocycles. The van der Waals surface area contributed by atoms with Crippen LogP contribution in [0.4, 0.5) is 0 Å². The smallest absolute Gasteiger partial charge is 0.255 e. The minimum atomic E-state index is -0.215. The third-order valence-electron chi connectivity index (χ3n) is 3.02. The van der Waals surface area contributed by atoms with Gasteiger partial charge in [0.2, 0.25) is 0 Å². The van der Waals surface area contributed by atoms with Gasteiger partial charge in [0.25, 0.3) is 5.91 Å². The molecule has 1 amide bonds. The van der Waals surface area contributed by atoms with Crippen LogP contribution in [0.2, 0.25) is 0 Å². The van der Waals surface area contributed by atoms with Gasteiger partial charge in [0.1, 0.15) is 5.75 Å². The third-order valence-corrected chi connectivity index (χ3v) is 3.51. The van der Waals surface area contributed by atoms with Gasteiger partial charge in [-0.3, -0.25) is 4.79 Å². The molecule has 106 valence electrons. The van der Waals surface area contributed by atoms with Crippen molar-refractivity contribution in [1.29, 1.82) is 0 Å². The van der Waals surface area contributed by atoms with Crippen molar-refractivity contribution in [3.05, 3.63) is 28.2 Å². The number of aromatic hydroxyl groups is 1. The van der Waals surface area contributed by atoms with Crippen molar-refractivity contribution in [3.8, 4) is 5.75 Å². The van der Waals surface area contributed by atoms with Crippen molar-refractivity contribution in [3.63, 3.8) is 0 Å². The van der Waals surface area contributed by atoms with Gasteiger partial charge >= 0.3 is 0 Å². The van der Waals surface area contributed by atoms with E-state index in [0.717, 1.165) is 17.3 Å². The number of benzene rings is 1. The maximum Gasteiger partial charge on any atom is 0.255 e. The lowest BCUT2D eigenvalue weighted by atomic mass is 10.1. The van der Waals surface area contributed by atoms with E-state index in [-0.39, 0.29) is 11.7 Å². The largest absolute Gasteiger partial charge is 0.507 e. The Morgan fingerprint density at radius 1 is 1.21 bits per heavy atom. The molecule has 0 unspecified atom stereocenters. The molecular formula is C15H22BrNO2. The molecule has 0 fully saturated rings. The Balaban J connectivity index is 2.26. The van der Waals surface area contributed by atoms with E-state index in [9.17, 15) is 9.90 Å². The summed E-state index contributed by atoms with van der Waals surface area (Å²) in [4.78, 5) is 11.9. The highest BCUT2D eigenvalue weighted by Crippen LogP contribution is 2.21. The molecule has 4 heteroatoms. The Morgan fingerprint density at radius 3 is 2.63 bits per heavy atom. The summed E-state index contributed by atoms with van der Waals surface area (Å²) in [6.45, 7) is 2.86. The van der Waals surface area contributed by atoms with Gasteiger partial charge in [0.05, 0.1) is 5.56 Å². The average Bonchev–Trinajstić information content (AvgIpc) is 2.40. The van der Waals surface area contributed by atoms with Crippen molar-refractivity contribution in [2.24, 2.45) is 0 Å². The molecule has 0 bridgehead atoms. The lowest BCUT2D eigenvalue weighted by molar-refractivity contribution is 0.0950. The van der Waals surface area contributed by atoms with E-state index >= 15 is 0 Å². The number of halogens is 1. The number of hydrogen-bond donors (Lipinski definition) is 2. The molecule has 0 spiro atoms. The van der Waals surface area contributed by atoms with Gasteiger partial charge in [-0.05, 0) is 24.6 Å². The molecule has 0 aliphatic carbocycles. The number of carbonyl (C=O) groups excluding carboxylic acids is 1. The maximum atomic E-state index is 11.9. The number of hydrogen-bond acceptors (Lipinski definition) is 2. The Bertz CT molecular complexity index is 407. The van der Waals surface area contributed by atoms with Gasteiger partial charge in [0.15, 0.2) is 0 Å². The molecule has 1 aromatic rings. The van der Waals surface area contributed by atoms with E-state index < -0.39 is 0 Å². The maximum absolute atomic E-state index is 11.9. The zero-order valence-corrected chi connectivity index (χ0v) is 13.0. The first-order valence-electron chi connectivity index (χ1n) is 6.92. The van der Waals surface area contributed by atoms with Crippen LogP contribution in [0.5, 0.6) is 5.75 Å². The molecular weight excluding hydrogens is 306 g/mol. The number of carbonyl (C=O) groups is 1. The van der Waals surface area contributed by atoms with Crippen LogP contribution in [0.15, 0.2) is 22.7 Å². The van der Waals surface area contributed by atoms with E-state index in [1.165, 1.54) is 31.7 Å². The van der Waals surface area contributed by atoms with E-state index in [1.807, 2.05) is 0 Å². The summed E-state index contributed by atoms with van der Waals surface area (Å²) in [5, 5.41) is 12.5. The first-order chi connectivity index (χ1) is 9.15. The average molecular weight is 328 g/mol. The summed E-state index contributed by atoms with van der Waals surface area (Å²) in [5.41, 5.74) is 0.320. The monoisotopic (exact) mass is 327 g/mol. The fourth-order valence-electron chi connectivity index (χ4n) is 1.89. The van der Waals surface area contributed by atoms with Crippen molar-refractivity contribution in [1.82, 2.24) is 5.32 Å². The van der Waals surface area contributed by atoms with Gasteiger partial charge in [0, 0.05) is 11.0 Å². The topological polar surface area (TPSA) is 49.3 Å². The highest BCUT2D eigenvalue weighted by atomic mass is 79.9. The van der Waals surface area contributed by atoms with E-state index in [2.05, 4.69) is 28.2 Å². The lowest BCUT2D eigenvalue weighted by Gasteiger charge is -2.07. The molecule has 0 atom stereocenters. The lowest BCUT2D eigenvalue weighted by Crippen LogP contribution is -2.24. The van der Waals surface area contributed by atoms with Gasteiger partial charge in [-0.15, -0.1) is 0 Å². The molecule has 0 saturated carbocycles. The number of rotatable bonds is 8. The number of nitrogens with one attached hydrogen (secondary N) is 1. The molecule has 2 N–H and O–H groups in total. The van der Waals surface area contributed by atoms with Gasteiger partial charge in [-0.1, -0.05) is 55.0 Å². The van der Waals surface area contributed by atoms with Crippen LogP contribution in [0.25, 0.3) is 0 Å². The van der Waals surface area contributed by atoms with Crippen molar-refractivity contribution in [2.75, 3.05) is 6.54 Å². The Morgan fingerprint density at radius 2 is 1.89 bits per heavy atom. The second-order valence-corrected chi connectivity index (χ2v) is 5.60.